The number of nitrogens with zero attached hydrogens (tertiary/aromatic N) is 1. The fourth-order valence-corrected chi connectivity index (χ4v) is 5.50. The number of unbranched alkanes of at least 4 members (excludes halogenated alkanes) is 1. The zero-order chi connectivity index (χ0) is 32.7. The highest BCUT2D eigenvalue weighted by Crippen LogP contribution is 2.42. The maximum atomic E-state index is 14.5. The van der Waals surface area contributed by atoms with Gasteiger partial charge in [-0.05, 0) is 73.8 Å². The van der Waals surface area contributed by atoms with Crippen molar-refractivity contribution in [3.8, 4) is 11.1 Å². The first-order valence-corrected chi connectivity index (χ1v) is 15.5. The van der Waals surface area contributed by atoms with E-state index in [1.54, 1.807) is 18.2 Å². The summed E-state index contributed by atoms with van der Waals surface area (Å²) < 4.78 is 69.5. The minimum atomic E-state index is -4.57. The molecular formula is C34H38F5N3OS. The minimum Gasteiger partial charge on any atom is -0.355 e. The summed E-state index contributed by atoms with van der Waals surface area (Å²) in [5, 5.41) is 6.47. The van der Waals surface area contributed by atoms with E-state index in [1.165, 1.54) is 37.1 Å². The van der Waals surface area contributed by atoms with E-state index < -0.39 is 34.7 Å². The minimum absolute atomic E-state index is 0.191. The summed E-state index contributed by atoms with van der Waals surface area (Å²) in [4.78, 5) is 17.7. The van der Waals surface area contributed by atoms with Gasteiger partial charge in [0.05, 0.1) is 16.2 Å². The van der Waals surface area contributed by atoms with Gasteiger partial charge in [0.2, 0.25) is 0 Å². The summed E-state index contributed by atoms with van der Waals surface area (Å²) in [5.41, 5.74) is 0.932. The third-order valence-electron chi connectivity index (χ3n) is 7.98. The molecule has 0 saturated heterocycles. The van der Waals surface area contributed by atoms with Gasteiger partial charge < -0.3 is 10.6 Å². The van der Waals surface area contributed by atoms with E-state index in [2.05, 4.69) is 22.2 Å². The van der Waals surface area contributed by atoms with Crippen molar-refractivity contribution in [1.82, 2.24) is 10.3 Å². The van der Waals surface area contributed by atoms with Crippen LogP contribution in [0, 0.1) is 17.0 Å². The molecule has 1 aromatic heterocycles. The molecule has 0 spiro atoms. The van der Waals surface area contributed by atoms with Gasteiger partial charge in [0.25, 0.3) is 5.91 Å². The van der Waals surface area contributed by atoms with E-state index in [4.69, 9.17) is 0 Å². The average Bonchev–Trinajstić information content (AvgIpc) is 3.00. The van der Waals surface area contributed by atoms with Crippen LogP contribution in [0.4, 0.5) is 27.6 Å². The monoisotopic (exact) mass is 631 g/mol. The van der Waals surface area contributed by atoms with Crippen molar-refractivity contribution >= 4 is 23.4 Å². The molecule has 0 aliphatic rings. The molecule has 0 aliphatic heterocycles. The van der Waals surface area contributed by atoms with Crippen LogP contribution in [0.15, 0.2) is 83.2 Å². The highest BCUT2D eigenvalue weighted by molar-refractivity contribution is 7.98. The predicted molar refractivity (Wildman–Crippen MR) is 168 cm³/mol. The fraction of sp³-hybridized carbons (Fsp3) is 0.353. The Morgan fingerprint density at radius 1 is 1.07 bits per heavy atom. The lowest BCUT2D eigenvalue weighted by molar-refractivity contribution is -0.137. The van der Waals surface area contributed by atoms with Gasteiger partial charge in [-0.3, -0.25) is 4.79 Å². The second-order valence-corrected chi connectivity index (χ2v) is 11.7. The number of hydrogen-bond acceptors (Lipinski definition) is 4. The Labute approximate surface area is 260 Å². The quantitative estimate of drug-likeness (QED) is 0.0854. The number of rotatable bonds is 13. The van der Waals surface area contributed by atoms with Gasteiger partial charge in [-0.25, -0.2) is 13.8 Å². The van der Waals surface area contributed by atoms with Crippen molar-refractivity contribution in [3.05, 3.63) is 101 Å². The van der Waals surface area contributed by atoms with Crippen LogP contribution in [-0.2, 0) is 17.4 Å². The molecule has 0 radical (unpaired) electrons. The number of aryl methyl sites for hydroxylation is 1. The average molecular weight is 632 g/mol. The van der Waals surface area contributed by atoms with Gasteiger partial charge in [0.15, 0.2) is 11.6 Å². The summed E-state index contributed by atoms with van der Waals surface area (Å²) in [5.74, 6) is -2.24. The van der Waals surface area contributed by atoms with Crippen LogP contribution < -0.4 is 10.6 Å². The van der Waals surface area contributed by atoms with Gasteiger partial charge in [0.1, 0.15) is 0 Å². The molecule has 0 aliphatic carbocycles. The lowest BCUT2D eigenvalue weighted by Crippen LogP contribution is -2.29. The summed E-state index contributed by atoms with van der Waals surface area (Å²) >= 11 is 1.41. The second kappa shape index (κ2) is 14.9. The Balaban J connectivity index is 2.08. The number of pyridine rings is 1. The van der Waals surface area contributed by atoms with Crippen LogP contribution in [0.5, 0.6) is 0 Å². The van der Waals surface area contributed by atoms with E-state index in [-0.39, 0.29) is 28.8 Å². The van der Waals surface area contributed by atoms with Crippen molar-refractivity contribution in [3.63, 3.8) is 0 Å². The van der Waals surface area contributed by atoms with Gasteiger partial charge >= 0.3 is 6.18 Å². The number of carbonyl (C=O) groups is 1. The zero-order valence-electron chi connectivity index (χ0n) is 25.6. The number of thioether (sulfide) groups is 1. The Kier molecular flexibility index (Phi) is 11.8. The second-order valence-electron chi connectivity index (χ2n) is 10.9. The number of hydrogen-bond donors (Lipinski definition) is 2. The first-order chi connectivity index (χ1) is 20.7. The number of benzene rings is 2. The number of allylic oxidation sites excluding steroid dienone is 1. The smallest absolute Gasteiger partial charge is 0.355 e. The predicted octanol–water partition coefficient (Wildman–Crippen LogP) is 9.58. The van der Waals surface area contributed by atoms with Crippen molar-refractivity contribution in [2.45, 2.75) is 64.1 Å². The van der Waals surface area contributed by atoms with E-state index in [0.29, 0.717) is 34.7 Å². The van der Waals surface area contributed by atoms with Gasteiger partial charge in [-0.1, -0.05) is 57.0 Å². The highest BCUT2D eigenvalue weighted by Gasteiger charge is 2.33. The van der Waals surface area contributed by atoms with E-state index in [1.807, 2.05) is 27.0 Å². The third-order valence-corrected chi connectivity index (χ3v) is 8.64. The molecule has 0 fully saturated rings. The number of amides is 1. The third kappa shape index (κ3) is 8.28. The lowest BCUT2D eigenvalue weighted by Gasteiger charge is -2.34. The van der Waals surface area contributed by atoms with Crippen LogP contribution >= 0.6 is 11.8 Å². The lowest BCUT2D eigenvalue weighted by atomic mass is 9.72. The Hall–Kier alpha value is -3.66. The summed E-state index contributed by atoms with van der Waals surface area (Å²) in [6.07, 6.45) is 1.81. The molecule has 1 atom stereocenters. The van der Waals surface area contributed by atoms with Crippen LogP contribution in [-0.4, -0.2) is 24.2 Å². The Morgan fingerprint density at radius 3 is 2.39 bits per heavy atom. The zero-order valence-corrected chi connectivity index (χ0v) is 26.4. The Bertz CT molecular complexity index is 1520. The molecule has 1 amide bonds. The SMILES string of the molecule is C=C(Nc1ccc(C(F)(F)F)cc1-c1ccc(SC)nc1)/C(C(=O)NC)=C(\C)C(C)(CCCC)CCc1cccc(F)c1F. The molecule has 1 heterocycles. The van der Waals surface area contributed by atoms with Crippen LogP contribution in [0.1, 0.15) is 57.6 Å². The molecule has 1 unspecified atom stereocenters. The molecule has 3 rings (SSSR count). The Morgan fingerprint density at radius 2 is 1.80 bits per heavy atom. The van der Waals surface area contributed by atoms with E-state index in [9.17, 15) is 26.7 Å². The molecule has 2 N–H and O–H groups in total. The van der Waals surface area contributed by atoms with Crippen molar-refractivity contribution < 1.29 is 26.7 Å². The number of aromatic nitrogens is 1. The van der Waals surface area contributed by atoms with Gasteiger partial charge in [0, 0.05) is 35.8 Å². The molecule has 4 nitrogen and oxygen atoms in total. The van der Waals surface area contributed by atoms with Gasteiger partial charge in [-0.2, -0.15) is 13.2 Å². The van der Waals surface area contributed by atoms with E-state index >= 15 is 0 Å². The number of carbonyl (C=O) groups excluding carboxylic acids is 1. The largest absolute Gasteiger partial charge is 0.416 e. The van der Waals surface area contributed by atoms with Crippen molar-refractivity contribution in [2.24, 2.45) is 5.41 Å². The molecule has 44 heavy (non-hydrogen) atoms. The summed E-state index contributed by atoms with van der Waals surface area (Å²) in [7, 11) is 1.48. The summed E-state index contributed by atoms with van der Waals surface area (Å²) in [6, 6.07) is 10.8. The fourth-order valence-electron chi connectivity index (χ4n) is 5.13. The number of halogens is 5. The maximum Gasteiger partial charge on any atom is 0.416 e. The van der Waals surface area contributed by atoms with Crippen LogP contribution in [0.25, 0.3) is 11.1 Å². The normalized spacial score (nSPS) is 13.6. The maximum absolute atomic E-state index is 14.5. The van der Waals surface area contributed by atoms with Crippen LogP contribution in [0.3, 0.4) is 0 Å². The topological polar surface area (TPSA) is 54.0 Å². The molecular weight excluding hydrogens is 593 g/mol. The van der Waals surface area contributed by atoms with Crippen molar-refractivity contribution in [2.75, 3.05) is 18.6 Å². The highest BCUT2D eigenvalue weighted by atomic mass is 32.2. The number of nitrogens with one attached hydrogen (secondary N) is 2. The molecule has 10 heteroatoms. The number of alkyl halides is 3. The van der Waals surface area contributed by atoms with E-state index in [0.717, 1.165) is 31.0 Å². The van der Waals surface area contributed by atoms with Gasteiger partial charge in [-0.15, -0.1) is 11.8 Å². The molecule has 2 aromatic carbocycles. The molecule has 236 valence electrons. The first kappa shape index (κ1) is 34.8. The number of anilines is 1. The van der Waals surface area contributed by atoms with Crippen LogP contribution in [0.2, 0.25) is 0 Å². The van der Waals surface area contributed by atoms with Crippen molar-refractivity contribution in [1.29, 1.82) is 0 Å². The molecule has 3 aromatic rings. The first-order valence-electron chi connectivity index (χ1n) is 14.3. The molecule has 0 saturated carbocycles. The standard InChI is InChI=1S/C34H38F5N3OS/c1-7-8-17-33(4,18-16-23-10-9-11-27(35)31(23)36)21(2)30(32(43)40-5)22(3)42-28-14-13-25(34(37,38)39)19-26(28)24-12-15-29(44-6)41-20-24/h9-15,19-20,42H,3,7-8,16-18H2,1-2,4-6H3,(H,40,43)/b30-21-. The number of likely N-dealkylation sites (N-methyl/N-ethyl adjacent to an activating group) is 1. The molecule has 0 bridgehead atoms. The summed E-state index contributed by atoms with van der Waals surface area (Å²) in [6.45, 7) is 9.96.